The van der Waals surface area contributed by atoms with Gasteiger partial charge in [-0.05, 0) is 19.4 Å². The molecule has 4 heteroatoms. The monoisotopic (exact) mass is 199 g/mol. The third-order valence-electron chi connectivity index (χ3n) is 2.82. The van der Waals surface area contributed by atoms with Crippen LogP contribution in [0.3, 0.4) is 0 Å². The number of hydrogen-bond acceptors (Lipinski definition) is 2. The Bertz CT molecular complexity index is 319. The Morgan fingerprint density at radius 3 is 2.77 bits per heavy atom. The fraction of sp³-hybridized carbons (Fsp3) is 0.667. The molecule has 2 rings (SSSR count). The third-order valence-corrected chi connectivity index (χ3v) is 4.33. The number of aromatic nitrogens is 2. The molecule has 1 aromatic heterocycles. The van der Waals surface area contributed by atoms with E-state index in [4.69, 9.17) is 0 Å². The van der Waals surface area contributed by atoms with Gasteiger partial charge in [0.1, 0.15) is 0 Å². The predicted octanol–water partition coefficient (Wildman–Crippen LogP) is 1.47. The third kappa shape index (κ3) is 1.28. The highest BCUT2D eigenvalue weighted by molar-refractivity contribution is 8.13. The lowest BCUT2D eigenvalue weighted by molar-refractivity contribution is 0.406. The number of rotatable bonds is 1. The molecular formula is C9H17N3S. The van der Waals surface area contributed by atoms with Crippen LogP contribution in [0.1, 0.15) is 24.2 Å². The molecule has 0 fully saturated rings. The maximum absolute atomic E-state index is 4.28. The summed E-state index contributed by atoms with van der Waals surface area (Å²) in [7, 11) is 2.03. The van der Waals surface area contributed by atoms with E-state index in [2.05, 4.69) is 28.8 Å². The first-order valence-corrected chi connectivity index (χ1v) is 6.74. The molecule has 0 spiro atoms. The van der Waals surface area contributed by atoms with Gasteiger partial charge in [0.25, 0.3) is 0 Å². The van der Waals surface area contributed by atoms with Crippen molar-refractivity contribution in [2.45, 2.75) is 19.5 Å². The molecule has 0 bridgehead atoms. The van der Waals surface area contributed by atoms with Crippen molar-refractivity contribution < 1.29 is 0 Å². The summed E-state index contributed by atoms with van der Waals surface area (Å²) in [4.78, 5) is 0. The van der Waals surface area contributed by atoms with E-state index in [1.165, 1.54) is 11.3 Å². The molecule has 3 nitrogen and oxygen atoms in total. The zero-order valence-electron chi connectivity index (χ0n) is 8.65. The molecule has 1 atom stereocenters. The van der Waals surface area contributed by atoms with E-state index >= 15 is 0 Å². The molecule has 0 amide bonds. The van der Waals surface area contributed by atoms with Crippen LogP contribution in [0.15, 0.2) is 6.20 Å². The first kappa shape index (κ1) is 9.09. The molecule has 0 aromatic carbocycles. The van der Waals surface area contributed by atoms with E-state index in [1.54, 1.807) is 0 Å². The summed E-state index contributed by atoms with van der Waals surface area (Å²) < 4.78 is 4.56. The minimum atomic E-state index is 0.0183. The standard InChI is InChI=1S/C9H17N3S/c1-7-8-5-10-11(2)9(8)6-12(7)13(3)4/h5,7,13H,6H2,1-4H3/t7-/m1/s1. The fourth-order valence-corrected chi connectivity index (χ4v) is 3.20. The molecule has 0 radical (unpaired) electrons. The summed E-state index contributed by atoms with van der Waals surface area (Å²) in [5.41, 5.74) is 2.81. The molecule has 1 aliphatic heterocycles. The number of hydrogen-bond donors (Lipinski definition) is 1. The molecule has 2 heterocycles. The van der Waals surface area contributed by atoms with Gasteiger partial charge in [0.15, 0.2) is 0 Å². The van der Waals surface area contributed by atoms with E-state index in [9.17, 15) is 0 Å². The van der Waals surface area contributed by atoms with E-state index in [0.717, 1.165) is 6.54 Å². The normalized spacial score (nSPS) is 23.4. The Morgan fingerprint density at radius 1 is 1.54 bits per heavy atom. The Kier molecular flexibility index (Phi) is 2.12. The van der Waals surface area contributed by atoms with Gasteiger partial charge in [-0.2, -0.15) is 5.10 Å². The lowest BCUT2D eigenvalue weighted by Crippen LogP contribution is -2.16. The quantitative estimate of drug-likeness (QED) is 0.692. The Morgan fingerprint density at radius 2 is 2.23 bits per heavy atom. The van der Waals surface area contributed by atoms with Crippen molar-refractivity contribution in [3.63, 3.8) is 0 Å². The molecule has 0 saturated heterocycles. The number of aryl methyl sites for hydroxylation is 1. The number of fused-ring (bicyclic) bond motifs is 1. The largest absolute Gasteiger partial charge is 0.271 e. The van der Waals surface area contributed by atoms with Gasteiger partial charge < -0.3 is 0 Å². The zero-order chi connectivity index (χ0) is 9.59. The van der Waals surface area contributed by atoms with Crippen LogP contribution in [0.5, 0.6) is 0 Å². The zero-order valence-corrected chi connectivity index (χ0v) is 9.55. The smallest absolute Gasteiger partial charge is 0.0578 e. The molecule has 0 N–H and O–H groups in total. The minimum Gasteiger partial charge on any atom is -0.271 e. The summed E-state index contributed by atoms with van der Waals surface area (Å²) in [6.45, 7) is 3.35. The minimum absolute atomic E-state index is 0.0183. The fourth-order valence-electron chi connectivity index (χ4n) is 1.96. The number of nitrogens with zero attached hydrogens (tertiary/aromatic N) is 3. The summed E-state index contributed by atoms with van der Waals surface area (Å²) in [6.07, 6.45) is 6.63. The van der Waals surface area contributed by atoms with Crippen LogP contribution < -0.4 is 0 Å². The molecule has 0 saturated carbocycles. The second-order valence-corrected chi connectivity index (χ2v) is 6.00. The second kappa shape index (κ2) is 3.03. The summed E-state index contributed by atoms with van der Waals surface area (Å²) in [5, 5.41) is 4.28. The van der Waals surface area contributed by atoms with Gasteiger partial charge in [-0.3, -0.25) is 8.99 Å². The van der Waals surface area contributed by atoms with Crippen molar-refractivity contribution in [2.24, 2.45) is 7.05 Å². The van der Waals surface area contributed by atoms with Crippen molar-refractivity contribution in [3.8, 4) is 0 Å². The highest BCUT2D eigenvalue weighted by Gasteiger charge is 2.30. The van der Waals surface area contributed by atoms with Crippen LogP contribution in [0.2, 0.25) is 0 Å². The van der Waals surface area contributed by atoms with Crippen molar-refractivity contribution in [2.75, 3.05) is 12.5 Å². The van der Waals surface area contributed by atoms with E-state index in [-0.39, 0.29) is 11.1 Å². The lowest BCUT2D eigenvalue weighted by Gasteiger charge is -2.28. The predicted molar refractivity (Wildman–Crippen MR) is 58.0 cm³/mol. The molecule has 74 valence electrons. The van der Waals surface area contributed by atoms with Crippen molar-refractivity contribution in [1.82, 2.24) is 14.1 Å². The van der Waals surface area contributed by atoms with Crippen molar-refractivity contribution >= 4 is 11.1 Å². The van der Waals surface area contributed by atoms with Gasteiger partial charge in [0.2, 0.25) is 0 Å². The van der Waals surface area contributed by atoms with E-state index in [1.807, 2.05) is 17.9 Å². The summed E-state index contributed by atoms with van der Waals surface area (Å²) >= 11 is 0.0183. The molecule has 0 aliphatic carbocycles. The van der Waals surface area contributed by atoms with Crippen LogP contribution in [-0.2, 0) is 13.6 Å². The Balaban J connectivity index is 2.33. The summed E-state index contributed by atoms with van der Waals surface area (Å²) in [6, 6.07) is 0.560. The van der Waals surface area contributed by atoms with Crippen LogP contribution in [0, 0.1) is 0 Å². The molecule has 13 heavy (non-hydrogen) atoms. The molecule has 0 unspecified atom stereocenters. The van der Waals surface area contributed by atoms with E-state index in [0.29, 0.717) is 6.04 Å². The molecule has 1 aromatic rings. The van der Waals surface area contributed by atoms with Crippen LogP contribution in [-0.4, -0.2) is 26.6 Å². The van der Waals surface area contributed by atoms with E-state index < -0.39 is 0 Å². The average molecular weight is 199 g/mol. The number of thiol groups is 1. The van der Waals surface area contributed by atoms with Gasteiger partial charge in [-0.25, -0.2) is 11.1 Å². The molecular weight excluding hydrogens is 182 g/mol. The first-order valence-electron chi connectivity index (χ1n) is 4.56. The van der Waals surface area contributed by atoms with Gasteiger partial charge in [0.05, 0.1) is 18.4 Å². The SMILES string of the molecule is C[C@@H]1c2cnn(C)c2CN1[SH](C)C. The average Bonchev–Trinajstić information content (AvgIpc) is 2.55. The molecule has 1 aliphatic rings. The highest BCUT2D eigenvalue weighted by Crippen LogP contribution is 2.41. The van der Waals surface area contributed by atoms with Crippen LogP contribution >= 0.6 is 11.1 Å². The van der Waals surface area contributed by atoms with Crippen molar-refractivity contribution in [1.29, 1.82) is 0 Å². The second-order valence-electron chi connectivity index (χ2n) is 3.79. The van der Waals surface area contributed by atoms with Crippen LogP contribution in [0.4, 0.5) is 0 Å². The first-order chi connectivity index (χ1) is 6.11. The van der Waals surface area contributed by atoms with Crippen molar-refractivity contribution in [3.05, 3.63) is 17.5 Å². The highest BCUT2D eigenvalue weighted by atomic mass is 32.2. The maximum atomic E-state index is 4.28. The maximum Gasteiger partial charge on any atom is 0.0578 e. The topological polar surface area (TPSA) is 21.1 Å². The van der Waals surface area contributed by atoms with Gasteiger partial charge >= 0.3 is 0 Å². The van der Waals surface area contributed by atoms with Gasteiger partial charge in [-0.15, -0.1) is 0 Å². The van der Waals surface area contributed by atoms with Crippen LogP contribution in [0.25, 0.3) is 0 Å². The van der Waals surface area contributed by atoms with Gasteiger partial charge in [-0.1, -0.05) is 0 Å². The lowest BCUT2D eigenvalue weighted by atomic mass is 10.2. The Hall–Kier alpha value is -0.480. The summed E-state index contributed by atoms with van der Waals surface area (Å²) in [5.74, 6) is 0. The van der Waals surface area contributed by atoms with Gasteiger partial charge in [0, 0.05) is 18.7 Å². The Labute approximate surface area is 82.2 Å².